The molecule has 0 spiro atoms. The molecule has 0 radical (unpaired) electrons. The van der Waals surface area contributed by atoms with Crippen LogP contribution in [0, 0.1) is 12.8 Å². The van der Waals surface area contributed by atoms with Crippen LogP contribution in [0.25, 0.3) is 0 Å². The maximum atomic E-state index is 6.05. The minimum Gasteiger partial charge on any atom is -0.474 e. The van der Waals surface area contributed by atoms with E-state index in [0.717, 1.165) is 41.7 Å². The number of anilines is 1. The first-order chi connectivity index (χ1) is 11.2. The van der Waals surface area contributed by atoms with Gasteiger partial charge in [-0.15, -0.1) is 0 Å². The van der Waals surface area contributed by atoms with Crippen molar-refractivity contribution in [2.75, 3.05) is 5.32 Å². The zero-order valence-electron chi connectivity index (χ0n) is 13.8. The Labute approximate surface area is 137 Å². The van der Waals surface area contributed by atoms with E-state index in [9.17, 15) is 0 Å². The molecule has 1 N–H and O–H groups in total. The molecule has 0 aromatic carbocycles. The van der Waals surface area contributed by atoms with Gasteiger partial charge in [0.1, 0.15) is 11.9 Å². The smallest absolute Gasteiger partial charge is 0.213 e. The topological polar surface area (TPSA) is 59.9 Å². The van der Waals surface area contributed by atoms with Gasteiger partial charge in [-0.2, -0.15) is 0 Å². The van der Waals surface area contributed by atoms with Gasteiger partial charge in [-0.05, 0) is 50.2 Å². The lowest BCUT2D eigenvalue weighted by molar-refractivity contribution is 0.130. The lowest BCUT2D eigenvalue weighted by atomic mass is 9.89. The van der Waals surface area contributed by atoms with E-state index in [1.54, 1.807) is 18.6 Å². The van der Waals surface area contributed by atoms with Gasteiger partial charge in [-0.25, -0.2) is 9.97 Å². The minimum atomic E-state index is 0.310. The van der Waals surface area contributed by atoms with Crippen molar-refractivity contribution in [3.05, 3.63) is 42.0 Å². The largest absolute Gasteiger partial charge is 0.474 e. The summed E-state index contributed by atoms with van der Waals surface area (Å²) < 4.78 is 6.05. The number of hydrogen-bond acceptors (Lipinski definition) is 5. The Kier molecular flexibility index (Phi) is 5.05. The Morgan fingerprint density at radius 3 is 2.83 bits per heavy atom. The van der Waals surface area contributed by atoms with Gasteiger partial charge in [0.25, 0.3) is 0 Å². The van der Waals surface area contributed by atoms with E-state index in [0.29, 0.717) is 12.6 Å². The molecule has 2 aromatic heterocycles. The summed E-state index contributed by atoms with van der Waals surface area (Å²) in [5.74, 6) is 2.33. The second kappa shape index (κ2) is 7.40. The van der Waals surface area contributed by atoms with Crippen LogP contribution in [0.5, 0.6) is 5.88 Å². The van der Waals surface area contributed by atoms with Crippen molar-refractivity contribution in [1.82, 2.24) is 15.0 Å². The van der Waals surface area contributed by atoms with Crippen molar-refractivity contribution in [2.45, 2.75) is 52.2 Å². The molecule has 0 bridgehead atoms. The van der Waals surface area contributed by atoms with Crippen LogP contribution < -0.4 is 10.1 Å². The third-order valence-corrected chi connectivity index (χ3v) is 4.28. The first kappa shape index (κ1) is 15.7. The molecule has 0 atom stereocenters. The number of nitrogens with zero attached hydrogens (tertiary/aromatic N) is 3. The fourth-order valence-electron chi connectivity index (χ4n) is 2.88. The number of hydrogen-bond donors (Lipinski definition) is 1. The van der Waals surface area contributed by atoms with Gasteiger partial charge in [0.2, 0.25) is 5.88 Å². The Morgan fingerprint density at radius 1 is 1.22 bits per heavy atom. The Bertz CT molecular complexity index is 638. The van der Waals surface area contributed by atoms with E-state index < -0.39 is 0 Å². The lowest BCUT2D eigenvalue weighted by Gasteiger charge is -2.26. The van der Waals surface area contributed by atoms with Gasteiger partial charge >= 0.3 is 0 Å². The second-order valence-electron chi connectivity index (χ2n) is 6.40. The van der Waals surface area contributed by atoms with Crippen LogP contribution in [-0.4, -0.2) is 21.1 Å². The fraction of sp³-hybridized carbons (Fsp3) is 0.500. The number of nitrogens with one attached hydrogen (secondary N) is 1. The highest BCUT2D eigenvalue weighted by molar-refractivity contribution is 5.34. The van der Waals surface area contributed by atoms with Gasteiger partial charge in [0.05, 0.1) is 11.9 Å². The third-order valence-electron chi connectivity index (χ3n) is 4.28. The second-order valence-corrected chi connectivity index (χ2v) is 6.40. The monoisotopic (exact) mass is 312 g/mol. The molecular formula is C18H24N4O. The van der Waals surface area contributed by atoms with Crippen LogP contribution in [0.2, 0.25) is 0 Å². The number of aryl methyl sites for hydroxylation is 1. The molecule has 122 valence electrons. The minimum absolute atomic E-state index is 0.310. The quantitative estimate of drug-likeness (QED) is 0.911. The van der Waals surface area contributed by atoms with E-state index in [4.69, 9.17) is 4.74 Å². The summed E-state index contributed by atoms with van der Waals surface area (Å²) >= 11 is 0. The van der Waals surface area contributed by atoms with E-state index in [2.05, 4.69) is 27.2 Å². The van der Waals surface area contributed by atoms with E-state index in [-0.39, 0.29) is 0 Å². The summed E-state index contributed by atoms with van der Waals surface area (Å²) in [4.78, 5) is 12.9. The molecule has 23 heavy (non-hydrogen) atoms. The van der Waals surface area contributed by atoms with Crippen molar-refractivity contribution >= 4 is 5.82 Å². The fourth-order valence-corrected chi connectivity index (χ4v) is 2.88. The van der Waals surface area contributed by atoms with Crippen molar-refractivity contribution in [3.8, 4) is 5.88 Å². The van der Waals surface area contributed by atoms with Crippen LogP contribution in [-0.2, 0) is 6.54 Å². The summed E-state index contributed by atoms with van der Waals surface area (Å²) in [5, 5.41) is 3.28. The summed E-state index contributed by atoms with van der Waals surface area (Å²) in [6.07, 6.45) is 10.3. The van der Waals surface area contributed by atoms with Crippen LogP contribution in [0.4, 0.5) is 5.82 Å². The average Bonchev–Trinajstić information content (AvgIpc) is 2.56. The molecule has 5 nitrogen and oxygen atoms in total. The van der Waals surface area contributed by atoms with Gasteiger partial charge in [-0.3, -0.25) is 4.98 Å². The lowest BCUT2D eigenvalue weighted by Crippen LogP contribution is -2.23. The summed E-state index contributed by atoms with van der Waals surface area (Å²) in [7, 11) is 0. The SMILES string of the molecule is Cc1cncc(NCc2ccnc(OC3CCC(C)CC3)c2)n1. The Morgan fingerprint density at radius 2 is 2.04 bits per heavy atom. The molecule has 0 unspecified atom stereocenters. The van der Waals surface area contributed by atoms with Crippen LogP contribution in [0.1, 0.15) is 43.9 Å². The average molecular weight is 312 g/mol. The highest BCUT2D eigenvalue weighted by Crippen LogP contribution is 2.26. The highest BCUT2D eigenvalue weighted by atomic mass is 16.5. The zero-order valence-corrected chi connectivity index (χ0v) is 13.8. The molecular weight excluding hydrogens is 288 g/mol. The molecule has 1 fully saturated rings. The Balaban J connectivity index is 1.56. The standard InChI is InChI=1S/C18H24N4O/c1-13-3-5-16(6-4-13)23-18-9-15(7-8-20-18)11-21-17-12-19-10-14(2)22-17/h7-10,12-13,16H,3-6,11H2,1-2H3,(H,21,22). The number of rotatable bonds is 5. The number of aromatic nitrogens is 3. The van der Waals surface area contributed by atoms with Crippen molar-refractivity contribution in [3.63, 3.8) is 0 Å². The van der Waals surface area contributed by atoms with Gasteiger partial charge in [-0.1, -0.05) is 6.92 Å². The highest BCUT2D eigenvalue weighted by Gasteiger charge is 2.19. The number of pyridine rings is 1. The molecule has 1 saturated carbocycles. The van der Waals surface area contributed by atoms with Crippen molar-refractivity contribution in [2.24, 2.45) is 5.92 Å². The predicted octanol–water partition coefficient (Wildman–Crippen LogP) is 3.75. The predicted molar refractivity (Wildman–Crippen MR) is 90.4 cm³/mol. The first-order valence-electron chi connectivity index (χ1n) is 8.33. The molecule has 1 aliphatic carbocycles. The normalized spacial score (nSPS) is 21.0. The molecule has 2 heterocycles. The van der Waals surface area contributed by atoms with E-state index >= 15 is 0 Å². The third kappa shape index (κ3) is 4.65. The van der Waals surface area contributed by atoms with Crippen LogP contribution in [0.3, 0.4) is 0 Å². The van der Waals surface area contributed by atoms with Crippen LogP contribution in [0.15, 0.2) is 30.7 Å². The molecule has 0 aliphatic heterocycles. The molecule has 5 heteroatoms. The summed E-state index contributed by atoms with van der Waals surface area (Å²) in [6, 6.07) is 4.00. The molecule has 0 amide bonds. The van der Waals surface area contributed by atoms with Crippen LogP contribution >= 0.6 is 0 Å². The molecule has 1 aliphatic rings. The molecule has 0 saturated heterocycles. The van der Waals surface area contributed by atoms with Crippen molar-refractivity contribution < 1.29 is 4.74 Å². The summed E-state index contributed by atoms with van der Waals surface area (Å²) in [5.41, 5.74) is 2.03. The van der Waals surface area contributed by atoms with E-state index in [1.807, 2.05) is 19.1 Å². The molecule has 2 aromatic rings. The van der Waals surface area contributed by atoms with Crippen molar-refractivity contribution in [1.29, 1.82) is 0 Å². The Hall–Kier alpha value is -2.17. The number of ether oxygens (including phenoxy) is 1. The maximum Gasteiger partial charge on any atom is 0.213 e. The van der Waals surface area contributed by atoms with Gasteiger partial charge < -0.3 is 10.1 Å². The maximum absolute atomic E-state index is 6.05. The van der Waals surface area contributed by atoms with Gasteiger partial charge in [0, 0.05) is 25.0 Å². The van der Waals surface area contributed by atoms with Gasteiger partial charge in [0.15, 0.2) is 0 Å². The summed E-state index contributed by atoms with van der Waals surface area (Å²) in [6.45, 7) is 4.93. The molecule has 3 rings (SSSR count). The zero-order chi connectivity index (χ0) is 16.1. The van der Waals surface area contributed by atoms with E-state index in [1.165, 1.54) is 12.8 Å². The first-order valence-corrected chi connectivity index (χ1v) is 8.33.